The molecule has 1 aliphatic rings. The number of amides is 1. The highest BCUT2D eigenvalue weighted by Crippen LogP contribution is 2.29. The monoisotopic (exact) mass is 270 g/mol. The Morgan fingerprint density at radius 1 is 1.26 bits per heavy atom. The molecule has 0 fully saturated rings. The smallest absolute Gasteiger partial charge is 0.272 e. The summed E-state index contributed by atoms with van der Waals surface area (Å²) in [4.78, 5) is 11.8. The van der Waals surface area contributed by atoms with Gasteiger partial charge in [0.2, 0.25) is 0 Å². The molecule has 0 N–H and O–H groups in total. The Hall–Kier alpha value is -1.85. The van der Waals surface area contributed by atoms with E-state index in [1.54, 1.807) is 13.8 Å². The average Bonchev–Trinajstić information content (AvgIpc) is 2.57. The van der Waals surface area contributed by atoms with Crippen LogP contribution in [0, 0.1) is 5.92 Å². The number of carbonyl (C=O) groups is 1. The Balaban J connectivity index is 2.11. The third-order valence-corrected chi connectivity index (χ3v) is 3.14. The number of rotatable bonds is 2. The molecule has 1 atom stereocenters. The fraction of sp³-hybridized carbons (Fsp3) is 0.385. The lowest BCUT2D eigenvalue weighted by molar-refractivity contribution is -0.137. The second-order valence-corrected chi connectivity index (χ2v) is 4.55. The largest absolute Gasteiger partial charge is 0.416 e. The normalized spacial score (nSPS) is 19.8. The molecule has 2 rings (SSSR count). The number of hydrogen-bond donors (Lipinski definition) is 0. The number of carbonyl (C=O) groups excluding carboxylic acids is 1. The molecule has 0 saturated heterocycles. The van der Waals surface area contributed by atoms with Crippen LogP contribution >= 0.6 is 0 Å². The van der Waals surface area contributed by atoms with E-state index in [2.05, 4.69) is 5.10 Å². The van der Waals surface area contributed by atoms with Crippen LogP contribution in [0.5, 0.6) is 0 Å². The summed E-state index contributed by atoms with van der Waals surface area (Å²) in [6.45, 7) is 3.71. The van der Waals surface area contributed by atoms with Crippen molar-refractivity contribution in [1.29, 1.82) is 0 Å². The molecular weight excluding hydrogens is 257 g/mol. The number of halogens is 3. The van der Waals surface area contributed by atoms with Crippen LogP contribution in [0.1, 0.15) is 25.0 Å². The maximum atomic E-state index is 12.4. The van der Waals surface area contributed by atoms with Crippen molar-refractivity contribution in [2.24, 2.45) is 11.0 Å². The molecule has 1 aromatic rings. The van der Waals surface area contributed by atoms with Crippen molar-refractivity contribution in [2.75, 3.05) is 0 Å². The molecule has 0 saturated carbocycles. The number of hydrazone groups is 1. The SMILES string of the molecule is CC1=NN(Cc2ccc(C(F)(F)F)cc2)C(=O)C1C. The summed E-state index contributed by atoms with van der Waals surface area (Å²) in [6.07, 6.45) is -4.34. The summed E-state index contributed by atoms with van der Waals surface area (Å²) in [6, 6.07) is 4.75. The van der Waals surface area contributed by atoms with Gasteiger partial charge in [0.05, 0.1) is 18.0 Å². The Morgan fingerprint density at radius 3 is 2.26 bits per heavy atom. The van der Waals surface area contributed by atoms with Crippen molar-refractivity contribution in [2.45, 2.75) is 26.6 Å². The molecule has 0 aliphatic carbocycles. The first-order chi connectivity index (χ1) is 8.79. The van der Waals surface area contributed by atoms with Crippen LogP contribution in [0.3, 0.4) is 0 Å². The average molecular weight is 270 g/mol. The van der Waals surface area contributed by atoms with Gasteiger partial charge in [-0.2, -0.15) is 18.3 Å². The highest BCUT2D eigenvalue weighted by Gasteiger charge is 2.31. The van der Waals surface area contributed by atoms with Crippen molar-refractivity contribution >= 4 is 11.6 Å². The summed E-state index contributed by atoms with van der Waals surface area (Å²) in [5.74, 6) is -0.383. The Kier molecular flexibility index (Phi) is 3.34. The summed E-state index contributed by atoms with van der Waals surface area (Å²) in [5, 5.41) is 5.39. The predicted octanol–water partition coefficient (Wildman–Crippen LogP) is 3.06. The first-order valence-electron chi connectivity index (χ1n) is 5.81. The van der Waals surface area contributed by atoms with Crippen LogP contribution in [0.15, 0.2) is 29.4 Å². The zero-order valence-corrected chi connectivity index (χ0v) is 10.5. The van der Waals surface area contributed by atoms with Gasteiger partial charge >= 0.3 is 6.18 Å². The molecule has 102 valence electrons. The summed E-state index contributed by atoms with van der Waals surface area (Å²) >= 11 is 0. The van der Waals surface area contributed by atoms with Crippen molar-refractivity contribution in [3.8, 4) is 0 Å². The van der Waals surface area contributed by atoms with Crippen LogP contribution in [0.25, 0.3) is 0 Å². The van der Waals surface area contributed by atoms with Gasteiger partial charge in [0.15, 0.2) is 0 Å². The van der Waals surface area contributed by atoms with Gasteiger partial charge in [-0.25, -0.2) is 5.01 Å². The molecule has 1 aliphatic heterocycles. The number of benzene rings is 1. The van der Waals surface area contributed by atoms with Crippen LogP contribution in [0.2, 0.25) is 0 Å². The standard InChI is InChI=1S/C13H13F3N2O/c1-8-9(2)17-18(12(8)19)7-10-3-5-11(6-4-10)13(14,15)16/h3-6,8H,7H2,1-2H3. The number of nitrogens with zero attached hydrogens (tertiary/aromatic N) is 2. The molecule has 1 amide bonds. The Bertz CT molecular complexity index is 520. The topological polar surface area (TPSA) is 32.7 Å². The van der Waals surface area contributed by atoms with Crippen molar-refractivity contribution < 1.29 is 18.0 Å². The zero-order valence-electron chi connectivity index (χ0n) is 10.5. The van der Waals surface area contributed by atoms with Gasteiger partial charge in [-0.05, 0) is 31.5 Å². The maximum Gasteiger partial charge on any atom is 0.416 e. The third kappa shape index (κ3) is 2.77. The van der Waals surface area contributed by atoms with E-state index in [1.165, 1.54) is 17.1 Å². The third-order valence-electron chi connectivity index (χ3n) is 3.14. The fourth-order valence-electron chi connectivity index (χ4n) is 1.81. The summed E-state index contributed by atoms with van der Waals surface area (Å²) in [7, 11) is 0. The van der Waals surface area contributed by atoms with Crippen LogP contribution in [-0.4, -0.2) is 16.6 Å². The Morgan fingerprint density at radius 2 is 1.84 bits per heavy atom. The van der Waals surface area contributed by atoms with Gasteiger partial charge < -0.3 is 0 Å². The van der Waals surface area contributed by atoms with Crippen molar-refractivity contribution in [3.63, 3.8) is 0 Å². The minimum atomic E-state index is -4.34. The molecule has 0 spiro atoms. The first-order valence-corrected chi connectivity index (χ1v) is 5.81. The first kappa shape index (κ1) is 13.6. The van der Waals surface area contributed by atoms with Crippen molar-refractivity contribution in [1.82, 2.24) is 5.01 Å². The molecular formula is C13H13F3N2O. The molecule has 1 unspecified atom stereocenters. The maximum absolute atomic E-state index is 12.4. The molecule has 6 heteroatoms. The lowest BCUT2D eigenvalue weighted by atomic mass is 10.1. The van der Waals surface area contributed by atoms with E-state index in [0.717, 1.165) is 17.8 Å². The van der Waals surface area contributed by atoms with E-state index in [1.807, 2.05) is 0 Å². The van der Waals surface area contributed by atoms with Gasteiger partial charge in [0, 0.05) is 5.71 Å². The predicted molar refractivity (Wildman–Crippen MR) is 64.3 cm³/mol. The molecule has 0 radical (unpaired) electrons. The van der Waals surface area contributed by atoms with E-state index < -0.39 is 11.7 Å². The van der Waals surface area contributed by atoms with Crippen LogP contribution < -0.4 is 0 Å². The summed E-state index contributed by atoms with van der Waals surface area (Å²) < 4.78 is 37.2. The molecule has 19 heavy (non-hydrogen) atoms. The van der Waals surface area contributed by atoms with Gasteiger partial charge in [0.1, 0.15) is 0 Å². The van der Waals surface area contributed by atoms with E-state index in [4.69, 9.17) is 0 Å². The Labute approximate surface area is 108 Å². The number of alkyl halides is 3. The van der Waals surface area contributed by atoms with Crippen molar-refractivity contribution in [3.05, 3.63) is 35.4 Å². The van der Waals surface area contributed by atoms with E-state index in [0.29, 0.717) is 5.56 Å². The summed E-state index contributed by atoms with van der Waals surface area (Å²) in [5.41, 5.74) is 0.640. The molecule has 3 nitrogen and oxygen atoms in total. The molecule has 1 aromatic carbocycles. The quantitative estimate of drug-likeness (QED) is 0.813. The van der Waals surface area contributed by atoms with Gasteiger partial charge in [-0.15, -0.1) is 0 Å². The van der Waals surface area contributed by atoms with Gasteiger partial charge in [-0.3, -0.25) is 4.79 Å². The lowest BCUT2D eigenvalue weighted by Gasteiger charge is -2.13. The highest BCUT2D eigenvalue weighted by atomic mass is 19.4. The van der Waals surface area contributed by atoms with Crippen LogP contribution in [0.4, 0.5) is 13.2 Å². The van der Waals surface area contributed by atoms with Gasteiger partial charge in [-0.1, -0.05) is 12.1 Å². The van der Waals surface area contributed by atoms with E-state index >= 15 is 0 Å². The zero-order chi connectivity index (χ0) is 14.2. The molecule has 1 heterocycles. The molecule has 0 aromatic heterocycles. The second-order valence-electron chi connectivity index (χ2n) is 4.55. The minimum absolute atomic E-state index is 0.127. The van der Waals surface area contributed by atoms with E-state index in [-0.39, 0.29) is 18.4 Å². The fourth-order valence-corrected chi connectivity index (χ4v) is 1.81. The minimum Gasteiger partial charge on any atom is -0.272 e. The van der Waals surface area contributed by atoms with Crippen LogP contribution in [-0.2, 0) is 17.5 Å². The number of hydrogen-bond acceptors (Lipinski definition) is 2. The lowest BCUT2D eigenvalue weighted by Crippen LogP contribution is -2.25. The molecule has 0 bridgehead atoms. The highest BCUT2D eigenvalue weighted by molar-refractivity contribution is 6.06. The second kappa shape index (κ2) is 4.68. The van der Waals surface area contributed by atoms with Gasteiger partial charge in [0.25, 0.3) is 5.91 Å². The van der Waals surface area contributed by atoms with E-state index in [9.17, 15) is 18.0 Å².